The molecule has 3 heteroatoms. The van der Waals surface area contributed by atoms with E-state index in [0.29, 0.717) is 18.9 Å². The Hall–Kier alpha value is -1.51. The summed E-state index contributed by atoms with van der Waals surface area (Å²) in [5, 5.41) is 0. The first-order valence-electron chi connectivity index (χ1n) is 7.49. The second-order valence-electron chi connectivity index (χ2n) is 5.24. The van der Waals surface area contributed by atoms with Crippen molar-refractivity contribution in [2.24, 2.45) is 0 Å². The van der Waals surface area contributed by atoms with Gasteiger partial charge >= 0.3 is 5.97 Å². The van der Waals surface area contributed by atoms with Crippen molar-refractivity contribution in [2.75, 3.05) is 6.61 Å². The summed E-state index contributed by atoms with van der Waals surface area (Å²) >= 11 is 0. The number of rotatable bonds is 8. The summed E-state index contributed by atoms with van der Waals surface area (Å²) in [5.41, 5.74) is 1.32. The summed E-state index contributed by atoms with van der Waals surface area (Å²) in [5.74, 6) is 1.23. The molecule has 0 aliphatic carbocycles. The zero-order valence-corrected chi connectivity index (χ0v) is 13.0. The van der Waals surface area contributed by atoms with Gasteiger partial charge in [-0.3, -0.25) is 4.79 Å². The van der Waals surface area contributed by atoms with Crippen LogP contribution in [0.2, 0.25) is 0 Å². The summed E-state index contributed by atoms with van der Waals surface area (Å²) < 4.78 is 10.9. The van der Waals surface area contributed by atoms with Crippen molar-refractivity contribution in [3.8, 4) is 5.75 Å². The molecule has 0 aliphatic heterocycles. The van der Waals surface area contributed by atoms with Gasteiger partial charge in [0.05, 0.1) is 0 Å². The predicted octanol–water partition coefficient (Wildman–Crippen LogP) is 4.31. The van der Waals surface area contributed by atoms with Crippen molar-refractivity contribution in [1.29, 1.82) is 0 Å². The van der Waals surface area contributed by atoms with Gasteiger partial charge in [0.15, 0.2) is 0 Å². The second kappa shape index (κ2) is 8.62. The van der Waals surface area contributed by atoms with E-state index in [2.05, 4.69) is 26.0 Å². The Kier molecular flexibility index (Phi) is 7.13. The van der Waals surface area contributed by atoms with E-state index >= 15 is 0 Å². The van der Waals surface area contributed by atoms with Gasteiger partial charge in [-0.05, 0) is 43.4 Å². The van der Waals surface area contributed by atoms with E-state index in [-0.39, 0.29) is 12.1 Å². The number of benzene rings is 1. The van der Waals surface area contributed by atoms with Crippen LogP contribution in [0.4, 0.5) is 0 Å². The first-order valence-corrected chi connectivity index (χ1v) is 7.49. The average molecular weight is 278 g/mol. The van der Waals surface area contributed by atoms with Crippen LogP contribution in [0.15, 0.2) is 24.3 Å². The Labute approximate surface area is 122 Å². The molecule has 3 nitrogen and oxygen atoms in total. The first-order chi connectivity index (χ1) is 9.56. The largest absolute Gasteiger partial charge is 0.490 e. The summed E-state index contributed by atoms with van der Waals surface area (Å²) in [6.45, 7) is 8.59. The quantitative estimate of drug-likeness (QED) is 0.665. The third kappa shape index (κ3) is 5.64. The molecule has 0 radical (unpaired) electrons. The lowest BCUT2D eigenvalue weighted by molar-refractivity contribution is -0.149. The van der Waals surface area contributed by atoms with E-state index in [1.54, 1.807) is 0 Å². The van der Waals surface area contributed by atoms with Crippen molar-refractivity contribution < 1.29 is 14.3 Å². The van der Waals surface area contributed by atoms with Crippen LogP contribution >= 0.6 is 0 Å². The third-order valence-corrected chi connectivity index (χ3v) is 3.33. The van der Waals surface area contributed by atoms with Gasteiger partial charge in [-0.1, -0.05) is 32.9 Å². The highest BCUT2D eigenvalue weighted by atomic mass is 16.6. The molecule has 0 saturated heterocycles. The Morgan fingerprint density at radius 2 is 1.80 bits per heavy atom. The van der Waals surface area contributed by atoms with Crippen molar-refractivity contribution in [1.82, 2.24) is 0 Å². The number of esters is 1. The summed E-state index contributed by atoms with van der Waals surface area (Å²) in [6, 6.07) is 8.14. The molecule has 2 atom stereocenters. The summed E-state index contributed by atoms with van der Waals surface area (Å²) in [7, 11) is 0. The van der Waals surface area contributed by atoms with Gasteiger partial charge in [-0.2, -0.15) is 0 Å². The van der Waals surface area contributed by atoms with Crippen LogP contribution in [0.3, 0.4) is 0 Å². The van der Waals surface area contributed by atoms with Crippen molar-refractivity contribution in [3.63, 3.8) is 0 Å². The van der Waals surface area contributed by atoms with Crippen LogP contribution in [0.1, 0.15) is 58.4 Å². The SMILES string of the molecule is CCCC(=O)OC(C)COc1ccc(C(C)CC)cc1. The minimum atomic E-state index is -0.219. The fourth-order valence-electron chi connectivity index (χ4n) is 1.86. The molecule has 1 aromatic carbocycles. The Morgan fingerprint density at radius 3 is 2.35 bits per heavy atom. The van der Waals surface area contributed by atoms with Crippen LogP contribution < -0.4 is 4.74 Å². The van der Waals surface area contributed by atoms with E-state index in [4.69, 9.17) is 9.47 Å². The van der Waals surface area contributed by atoms with E-state index in [1.165, 1.54) is 5.56 Å². The lowest BCUT2D eigenvalue weighted by Crippen LogP contribution is -2.21. The first kappa shape index (κ1) is 16.5. The van der Waals surface area contributed by atoms with Gasteiger partial charge in [0.2, 0.25) is 0 Å². The monoisotopic (exact) mass is 278 g/mol. The number of hydrogen-bond donors (Lipinski definition) is 0. The molecule has 0 fully saturated rings. The molecule has 0 aliphatic rings. The second-order valence-corrected chi connectivity index (χ2v) is 5.24. The molecule has 112 valence electrons. The number of ether oxygens (including phenoxy) is 2. The molecule has 0 spiro atoms. The number of carbonyl (C=O) groups is 1. The maximum atomic E-state index is 11.3. The topological polar surface area (TPSA) is 35.5 Å². The van der Waals surface area contributed by atoms with Crippen molar-refractivity contribution in [3.05, 3.63) is 29.8 Å². The van der Waals surface area contributed by atoms with Crippen LogP contribution in [0.5, 0.6) is 5.75 Å². The van der Waals surface area contributed by atoms with E-state index in [1.807, 2.05) is 26.0 Å². The van der Waals surface area contributed by atoms with Gasteiger partial charge in [0.25, 0.3) is 0 Å². The van der Waals surface area contributed by atoms with Gasteiger partial charge in [0.1, 0.15) is 18.5 Å². The van der Waals surface area contributed by atoms with E-state index < -0.39 is 0 Å². The molecule has 0 aromatic heterocycles. The molecular formula is C17H26O3. The molecular weight excluding hydrogens is 252 g/mol. The standard InChI is InChI=1S/C17H26O3/c1-5-7-17(18)20-14(4)12-19-16-10-8-15(9-11-16)13(3)6-2/h8-11,13-14H,5-7,12H2,1-4H3. The number of hydrogen-bond acceptors (Lipinski definition) is 3. The highest BCUT2D eigenvalue weighted by Crippen LogP contribution is 2.21. The maximum absolute atomic E-state index is 11.3. The average Bonchev–Trinajstić information content (AvgIpc) is 2.45. The zero-order valence-electron chi connectivity index (χ0n) is 13.0. The molecule has 2 unspecified atom stereocenters. The smallest absolute Gasteiger partial charge is 0.306 e. The lowest BCUT2D eigenvalue weighted by Gasteiger charge is -2.15. The highest BCUT2D eigenvalue weighted by Gasteiger charge is 2.09. The lowest BCUT2D eigenvalue weighted by atomic mass is 9.99. The van der Waals surface area contributed by atoms with Crippen LogP contribution in [-0.4, -0.2) is 18.7 Å². The van der Waals surface area contributed by atoms with Crippen LogP contribution in [-0.2, 0) is 9.53 Å². The molecule has 0 heterocycles. The minimum absolute atomic E-state index is 0.157. The highest BCUT2D eigenvalue weighted by molar-refractivity contribution is 5.69. The molecule has 0 N–H and O–H groups in total. The van der Waals surface area contributed by atoms with E-state index in [0.717, 1.165) is 18.6 Å². The predicted molar refractivity (Wildman–Crippen MR) is 81.1 cm³/mol. The minimum Gasteiger partial charge on any atom is -0.490 e. The molecule has 0 saturated carbocycles. The van der Waals surface area contributed by atoms with Crippen molar-refractivity contribution >= 4 is 5.97 Å². The maximum Gasteiger partial charge on any atom is 0.306 e. The molecule has 0 amide bonds. The van der Waals surface area contributed by atoms with Crippen molar-refractivity contribution in [2.45, 2.75) is 59.0 Å². The van der Waals surface area contributed by atoms with Gasteiger partial charge in [0, 0.05) is 6.42 Å². The normalized spacial score (nSPS) is 13.6. The molecule has 1 rings (SSSR count). The third-order valence-electron chi connectivity index (χ3n) is 3.33. The molecule has 1 aromatic rings. The van der Waals surface area contributed by atoms with Gasteiger partial charge in [-0.25, -0.2) is 0 Å². The fraction of sp³-hybridized carbons (Fsp3) is 0.588. The molecule has 0 bridgehead atoms. The van der Waals surface area contributed by atoms with Gasteiger partial charge < -0.3 is 9.47 Å². The zero-order chi connectivity index (χ0) is 15.0. The number of carbonyl (C=O) groups excluding carboxylic acids is 1. The fourth-order valence-corrected chi connectivity index (χ4v) is 1.86. The summed E-state index contributed by atoms with van der Waals surface area (Å²) in [6.07, 6.45) is 2.19. The van der Waals surface area contributed by atoms with Gasteiger partial charge in [-0.15, -0.1) is 0 Å². The van der Waals surface area contributed by atoms with Crippen LogP contribution in [0, 0.1) is 0 Å². The molecule has 20 heavy (non-hydrogen) atoms. The Morgan fingerprint density at radius 1 is 1.15 bits per heavy atom. The Balaban J connectivity index is 2.39. The summed E-state index contributed by atoms with van der Waals surface area (Å²) in [4.78, 5) is 11.3. The van der Waals surface area contributed by atoms with E-state index in [9.17, 15) is 4.79 Å². The Bertz CT molecular complexity index is 397. The van der Waals surface area contributed by atoms with Crippen LogP contribution in [0.25, 0.3) is 0 Å².